The standard InChI is InChI=1S/C33H45N5O7S/c1-7-20-32(44)37-24(33(20,6)45)13-21-14(2)18(8-10-25(39)40)22(35-21)12-23-19(9-11-26(41)42)15(3)29(36-23)28(34)30-27(17(5)46)16(4)31(43)38-30/h7,12,16-17,21,24,27,30,34-37,44-46H,1,8-11,13H2,2-6H3,(H,38,43)(H,39,40)(H,41,42)/b22-12-,34-28?/t16-,17?,21?,24-,27+,30?,33+/m1/s1. The summed E-state index contributed by atoms with van der Waals surface area (Å²) in [7, 11) is 0. The van der Waals surface area contributed by atoms with Crippen molar-refractivity contribution in [3.63, 3.8) is 0 Å². The molecule has 1 aromatic rings. The van der Waals surface area contributed by atoms with Crippen LogP contribution >= 0.6 is 12.6 Å². The second kappa shape index (κ2) is 13.4. The number of carboxylic acid groups (broad SMARTS) is 2. The molecule has 0 radical (unpaired) electrons. The Labute approximate surface area is 274 Å². The lowest BCUT2D eigenvalue weighted by molar-refractivity contribution is -0.138. The monoisotopic (exact) mass is 655 g/mol. The fourth-order valence-electron chi connectivity index (χ4n) is 7.08. The number of nitrogens with one attached hydrogen (secondary N) is 5. The summed E-state index contributed by atoms with van der Waals surface area (Å²) in [4.78, 5) is 39.1. The molecule has 3 unspecified atom stereocenters. The number of hydrogen-bond acceptors (Lipinski definition) is 9. The Morgan fingerprint density at radius 2 is 1.76 bits per heavy atom. The zero-order chi connectivity index (χ0) is 34.2. The van der Waals surface area contributed by atoms with Crippen molar-refractivity contribution in [2.45, 2.75) is 95.7 Å². The molecular weight excluding hydrogens is 610 g/mol. The highest BCUT2D eigenvalue weighted by Gasteiger charge is 2.46. The largest absolute Gasteiger partial charge is 0.495 e. The van der Waals surface area contributed by atoms with Crippen LogP contribution in [0.4, 0.5) is 0 Å². The van der Waals surface area contributed by atoms with Crippen LogP contribution in [-0.2, 0) is 20.8 Å². The number of allylic oxidation sites excluding steroid dienone is 1. The number of amides is 1. The number of aliphatic hydroxyl groups is 2. The molecule has 7 atom stereocenters. The van der Waals surface area contributed by atoms with Crippen LogP contribution in [0.5, 0.6) is 0 Å². The van der Waals surface area contributed by atoms with Crippen molar-refractivity contribution in [1.29, 1.82) is 5.41 Å². The molecular formula is C33H45N5O7S. The summed E-state index contributed by atoms with van der Waals surface area (Å²) in [5.41, 5.74) is 3.84. The van der Waals surface area contributed by atoms with Gasteiger partial charge in [0.1, 0.15) is 5.60 Å². The predicted molar refractivity (Wildman–Crippen MR) is 178 cm³/mol. The highest BCUT2D eigenvalue weighted by atomic mass is 32.1. The third-order valence-corrected chi connectivity index (χ3v) is 10.2. The second-order valence-electron chi connectivity index (χ2n) is 12.8. The van der Waals surface area contributed by atoms with Gasteiger partial charge in [0, 0.05) is 52.9 Å². The van der Waals surface area contributed by atoms with Crippen molar-refractivity contribution in [2.75, 3.05) is 0 Å². The summed E-state index contributed by atoms with van der Waals surface area (Å²) in [5.74, 6) is -2.78. The minimum Gasteiger partial charge on any atom is -0.495 e. The first kappa shape index (κ1) is 34.9. The van der Waals surface area contributed by atoms with E-state index in [0.717, 1.165) is 11.1 Å². The summed E-state index contributed by atoms with van der Waals surface area (Å²) in [5, 5.41) is 58.9. The number of H-pyrrole nitrogens is 1. The van der Waals surface area contributed by atoms with Crippen LogP contribution in [0, 0.1) is 24.2 Å². The van der Waals surface area contributed by atoms with E-state index in [1.165, 1.54) is 6.08 Å². The van der Waals surface area contributed by atoms with Crippen molar-refractivity contribution < 1.29 is 34.8 Å². The van der Waals surface area contributed by atoms with Crippen LogP contribution in [0.25, 0.3) is 6.08 Å². The molecule has 0 spiro atoms. The molecule has 1 aromatic heterocycles. The maximum Gasteiger partial charge on any atom is 0.303 e. The fourth-order valence-corrected chi connectivity index (χ4v) is 7.51. The first-order chi connectivity index (χ1) is 21.5. The Hall–Kier alpha value is -3.97. The average molecular weight is 656 g/mol. The lowest BCUT2D eigenvalue weighted by Crippen LogP contribution is -2.46. The third-order valence-electron chi connectivity index (χ3n) is 9.81. The SMILES string of the molecule is C=CC1=C(O)N[C@H](CC2N/C(=C\c3[nH]c(C(=N)C4NC(=O)[C@H](C)[C@H]4C(C)S)c(C)c3CCC(=O)O)C(CCC(=O)O)=C2C)[C@@]1(C)O. The van der Waals surface area contributed by atoms with Crippen LogP contribution in [0.3, 0.4) is 0 Å². The molecule has 3 aliphatic rings. The number of hydrogen-bond donors (Lipinski definition) is 10. The highest BCUT2D eigenvalue weighted by Crippen LogP contribution is 2.38. The molecule has 0 aliphatic carbocycles. The van der Waals surface area contributed by atoms with Crippen LogP contribution in [0.2, 0.25) is 0 Å². The van der Waals surface area contributed by atoms with E-state index in [1.54, 1.807) is 6.92 Å². The molecule has 0 bridgehead atoms. The zero-order valence-electron chi connectivity index (χ0n) is 26.8. The first-order valence-electron chi connectivity index (χ1n) is 15.4. The second-order valence-corrected chi connectivity index (χ2v) is 13.6. The fraction of sp³-hybridized carbons (Fsp3) is 0.515. The molecule has 3 aliphatic heterocycles. The van der Waals surface area contributed by atoms with Gasteiger partial charge in [0.2, 0.25) is 5.91 Å². The van der Waals surface area contributed by atoms with Crippen molar-refractivity contribution >= 4 is 42.3 Å². The van der Waals surface area contributed by atoms with E-state index in [4.69, 9.17) is 5.41 Å². The number of carbonyl (C=O) groups excluding carboxylic acids is 1. The Balaban J connectivity index is 1.74. The molecule has 46 heavy (non-hydrogen) atoms. The van der Waals surface area contributed by atoms with Crippen LogP contribution < -0.4 is 16.0 Å². The van der Waals surface area contributed by atoms with Gasteiger partial charge in [-0.2, -0.15) is 12.6 Å². The quantitative estimate of drug-likeness (QED) is 0.112. The molecule has 0 aromatic carbocycles. The highest BCUT2D eigenvalue weighted by molar-refractivity contribution is 7.80. The molecule has 9 N–H and O–H groups in total. The molecule has 4 heterocycles. The topological polar surface area (TPSA) is 208 Å². The van der Waals surface area contributed by atoms with Gasteiger partial charge < -0.3 is 46.8 Å². The van der Waals surface area contributed by atoms with Gasteiger partial charge in [-0.15, -0.1) is 0 Å². The molecule has 13 heteroatoms. The van der Waals surface area contributed by atoms with Gasteiger partial charge in [0.15, 0.2) is 5.88 Å². The normalized spacial score (nSPS) is 29.2. The van der Waals surface area contributed by atoms with E-state index in [1.807, 2.05) is 33.8 Å². The molecule has 0 saturated carbocycles. The minimum atomic E-state index is -1.40. The molecule has 250 valence electrons. The van der Waals surface area contributed by atoms with Gasteiger partial charge in [-0.05, 0) is 68.4 Å². The minimum absolute atomic E-state index is 0.116. The van der Waals surface area contributed by atoms with Gasteiger partial charge in [-0.25, -0.2) is 0 Å². The Kier molecular flexibility index (Phi) is 10.2. The molecule has 1 amide bonds. The Morgan fingerprint density at radius 1 is 1.13 bits per heavy atom. The Bertz CT molecular complexity index is 1550. The lowest BCUT2D eigenvalue weighted by Gasteiger charge is -2.29. The molecule has 1 fully saturated rings. The number of aromatic nitrogens is 1. The first-order valence-corrected chi connectivity index (χ1v) is 16.0. The number of aromatic amines is 1. The molecule has 4 rings (SSSR count). The van der Waals surface area contributed by atoms with Crippen molar-refractivity contribution in [2.24, 2.45) is 11.8 Å². The van der Waals surface area contributed by atoms with Gasteiger partial charge in [0.25, 0.3) is 0 Å². The molecule has 1 saturated heterocycles. The summed E-state index contributed by atoms with van der Waals surface area (Å²) >= 11 is 4.60. The summed E-state index contributed by atoms with van der Waals surface area (Å²) in [6, 6.07) is -1.47. The van der Waals surface area contributed by atoms with Crippen LogP contribution in [0.1, 0.15) is 75.9 Å². The number of aliphatic carboxylic acids is 2. The van der Waals surface area contributed by atoms with E-state index in [9.17, 15) is 34.8 Å². The lowest BCUT2D eigenvalue weighted by atomic mass is 9.85. The van der Waals surface area contributed by atoms with Crippen LogP contribution in [0.15, 0.2) is 41.0 Å². The summed E-state index contributed by atoms with van der Waals surface area (Å²) in [6.07, 6.45) is 3.74. The summed E-state index contributed by atoms with van der Waals surface area (Å²) < 4.78 is 0. The van der Waals surface area contributed by atoms with Crippen molar-refractivity contribution in [1.82, 2.24) is 20.9 Å². The van der Waals surface area contributed by atoms with E-state index >= 15 is 0 Å². The van der Waals surface area contributed by atoms with Crippen molar-refractivity contribution in [3.05, 3.63) is 63.5 Å². The van der Waals surface area contributed by atoms with E-state index in [-0.39, 0.29) is 66.3 Å². The van der Waals surface area contributed by atoms with Gasteiger partial charge in [-0.3, -0.25) is 14.4 Å². The zero-order valence-corrected chi connectivity index (χ0v) is 27.7. The third kappa shape index (κ3) is 6.61. The van der Waals surface area contributed by atoms with E-state index < -0.39 is 29.6 Å². The van der Waals surface area contributed by atoms with Crippen molar-refractivity contribution in [3.8, 4) is 0 Å². The van der Waals surface area contributed by atoms with Gasteiger partial charge in [0.05, 0.1) is 23.5 Å². The number of aliphatic hydroxyl groups excluding tert-OH is 1. The number of carboxylic acids is 2. The maximum atomic E-state index is 12.6. The van der Waals surface area contributed by atoms with Gasteiger partial charge >= 0.3 is 11.9 Å². The molecule has 12 nitrogen and oxygen atoms in total. The smallest absolute Gasteiger partial charge is 0.303 e. The van der Waals surface area contributed by atoms with E-state index in [2.05, 4.69) is 40.1 Å². The van der Waals surface area contributed by atoms with E-state index in [0.29, 0.717) is 40.2 Å². The number of rotatable bonds is 13. The summed E-state index contributed by atoms with van der Waals surface area (Å²) in [6.45, 7) is 12.7. The van der Waals surface area contributed by atoms with Crippen LogP contribution in [-0.4, -0.2) is 77.9 Å². The average Bonchev–Trinajstić information content (AvgIpc) is 3.61. The Morgan fingerprint density at radius 3 is 2.33 bits per heavy atom. The number of thiol groups is 1. The number of carbonyl (C=O) groups is 3. The maximum absolute atomic E-state index is 12.6. The predicted octanol–water partition coefficient (Wildman–Crippen LogP) is 3.34. The van der Waals surface area contributed by atoms with Gasteiger partial charge in [-0.1, -0.05) is 26.5 Å².